The molecule has 1 aromatic heterocycles. The second-order valence-corrected chi connectivity index (χ2v) is 5.33. The highest BCUT2D eigenvalue weighted by atomic mass is 79.9. The molecule has 0 aromatic carbocycles. The smallest absolute Gasteiger partial charge is 0.317 e. The van der Waals surface area contributed by atoms with Gasteiger partial charge < -0.3 is 10.0 Å². The molecule has 1 heterocycles. The van der Waals surface area contributed by atoms with Crippen molar-refractivity contribution >= 4 is 21.9 Å². The van der Waals surface area contributed by atoms with Gasteiger partial charge in [0.2, 0.25) is 0 Å². The summed E-state index contributed by atoms with van der Waals surface area (Å²) in [6.45, 7) is 2.17. The Morgan fingerprint density at radius 3 is 2.67 bits per heavy atom. The number of hydrogen-bond donors (Lipinski definition) is 1. The van der Waals surface area contributed by atoms with Gasteiger partial charge in [-0.3, -0.25) is 14.7 Å². The van der Waals surface area contributed by atoms with Crippen molar-refractivity contribution in [1.29, 1.82) is 0 Å². The minimum absolute atomic E-state index is 0.0420. The highest BCUT2D eigenvalue weighted by Gasteiger charge is 2.11. The molecule has 0 fully saturated rings. The van der Waals surface area contributed by atoms with Crippen molar-refractivity contribution in [3.8, 4) is 0 Å². The van der Waals surface area contributed by atoms with Gasteiger partial charge >= 0.3 is 5.97 Å². The number of aliphatic carboxylic acids is 1. The maximum atomic E-state index is 10.8. The van der Waals surface area contributed by atoms with Gasteiger partial charge in [-0.05, 0) is 41.7 Å². The predicted octanol–water partition coefficient (Wildman–Crippen LogP) is 1.29. The third kappa shape index (κ3) is 6.09. The van der Waals surface area contributed by atoms with Crippen molar-refractivity contribution in [3.63, 3.8) is 0 Å². The van der Waals surface area contributed by atoms with Crippen LogP contribution in [0.3, 0.4) is 0 Å². The molecule has 0 saturated heterocycles. The topological polar surface area (TPSA) is 56.7 Å². The van der Waals surface area contributed by atoms with Gasteiger partial charge in [0.05, 0.1) is 6.54 Å². The second-order valence-electron chi connectivity index (χ2n) is 4.42. The Morgan fingerprint density at radius 1 is 1.39 bits per heavy atom. The summed E-state index contributed by atoms with van der Waals surface area (Å²) in [5.74, 6) is -0.809. The lowest BCUT2D eigenvalue weighted by atomic mass is 10.2. The first-order valence-corrected chi connectivity index (χ1v) is 6.45. The van der Waals surface area contributed by atoms with E-state index in [1.54, 1.807) is 12.4 Å². The molecular weight excluding hydrogens is 298 g/mol. The minimum Gasteiger partial charge on any atom is -0.480 e. The van der Waals surface area contributed by atoms with Crippen LogP contribution in [-0.2, 0) is 11.3 Å². The lowest BCUT2D eigenvalue weighted by Gasteiger charge is -2.22. The summed E-state index contributed by atoms with van der Waals surface area (Å²) in [7, 11) is 3.94. The summed E-state index contributed by atoms with van der Waals surface area (Å²) in [6.07, 6.45) is 3.47. The number of halogens is 1. The van der Waals surface area contributed by atoms with Gasteiger partial charge in [0.1, 0.15) is 0 Å². The molecule has 1 aromatic rings. The molecule has 0 spiro atoms. The monoisotopic (exact) mass is 315 g/mol. The van der Waals surface area contributed by atoms with E-state index in [1.807, 2.05) is 30.0 Å². The van der Waals surface area contributed by atoms with Crippen molar-refractivity contribution < 1.29 is 9.90 Å². The Labute approximate surface area is 116 Å². The van der Waals surface area contributed by atoms with Crippen LogP contribution in [0.15, 0.2) is 22.9 Å². The van der Waals surface area contributed by atoms with Crippen molar-refractivity contribution in [2.45, 2.75) is 6.54 Å². The number of pyridine rings is 1. The molecule has 0 aliphatic rings. The maximum absolute atomic E-state index is 10.8. The van der Waals surface area contributed by atoms with Crippen LogP contribution in [-0.4, -0.2) is 59.6 Å². The number of carbonyl (C=O) groups is 1. The largest absolute Gasteiger partial charge is 0.480 e. The molecule has 1 rings (SSSR count). The van der Waals surface area contributed by atoms with Gasteiger partial charge in [0, 0.05) is 36.5 Å². The number of aromatic nitrogens is 1. The van der Waals surface area contributed by atoms with E-state index in [0.29, 0.717) is 13.1 Å². The van der Waals surface area contributed by atoms with Crippen molar-refractivity contribution in [1.82, 2.24) is 14.8 Å². The first-order valence-electron chi connectivity index (χ1n) is 5.65. The molecule has 0 bridgehead atoms. The second kappa shape index (κ2) is 7.45. The van der Waals surface area contributed by atoms with E-state index >= 15 is 0 Å². The quantitative estimate of drug-likeness (QED) is 0.821. The number of hydrogen-bond acceptors (Lipinski definition) is 4. The van der Waals surface area contributed by atoms with Crippen LogP contribution in [0.2, 0.25) is 0 Å². The van der Waals surface area contributed by atoms with Crippen LogP contribution in [0, 0.1) is 0 Å². The molecular formula is C12H18BrN3O2. The van der Waals surface area contributed by atoms with Crippen LogP contribution in [0.1, 0.15) is 5.56 Å². The lowest BCUT2D eigenvalue weighted by Crippen LogP contribution is -2.35. The van der Waals surface area contributed by atoms with Gasteiger partial charge in [-0.15, -0.1) is 0 Å². The summed E-state index contributed by atoms with van der Waals surface area (Å²) in [5, 5.41) is 8.90. The first-order chi connectivity index (χ1) is 8.47. The van der Waals surface area contributed by atoms with E-state index in [4.69, 9.17) is 5.11 Å². The molecule has 0 amide bonds. The fourth-order valence-corrected chi connectivity index (χ4v) is 1.96. The zero-order chi connectivity index (χ0) is 13.5. The van der Waals surface area contributed by atoms with E-state index < -0.39 is 5.97 Å². The van der Waals surface area contributed by atoms with E-state index in [2.05, 4.69) is 20.9 Å². The molecule has 1 N–H and O–H groups in total. The van der Waals surface area contributed by atoms with E-state index in [0.717, 1.165) is 16.6 Å². The molecule has 0 aliphatic carbocycles. The third-order valence-electron chi connectivity index (χ3n) is 2.39. The van der Waals surface area contributed by atoms with Gasteiger partial charge in [-0.1, -0.05) is 0 Å². The molecule has 5 nitrogen and oxygen atoms in total. The van der Waals surface area contributed by atoms with Gasteiger partial charge in [0.25, 0.3) is 0 Å². The van der Waals surface area contributed by atoms with Gasteiger partial charge in [-0.2, -0.15) is 0 Å². The maximum Gasteiger partial charge on any atom is 0.317 e. The first kappa shape index (κ1) is 15.1. The predicted molar refractivity (Wildman–Crippen MR) is 73.4 cm³/mol. The number of rotatable bonds is 7. The zero-order valence-corrected chi connectivity index (χ0v) is 12.2. The molecule has 0 atom stereocenters. The molecule has 0 unspecified atom stereocenters. The van der Waals surface area contributed by atoms with Crippen LogP contribution in [0.25, 0.3) is 0 Å². The Hall–Kier alpha value is -0.980. The van der Waals surface area contributed by atoms with Crippen molar-refractivity contribution in [2.75, 3.05) is 33.7 Å². The fraction of sp³-hybridized carbons (Fsp3) is 0.500. The van der Waals surface area contributed by atoms with E-state index in [-0.39, 0.29) is 6.54 Å². The number of nitrogens with zero attached hydrogens (tertiary/aromatic N) is 3. The lowest BCUT2D eigenvalue weighted by molar-refractivity contribution is -0.138. The molecule has 0 saturated carbocycles. The fourth-order valence-electron chi connectivity index (χ4n) is 1.55. The molecule has 100 valence electrons. The Bertz CT molecular complexity index is 399. The molecule has 0 radical (unpaired) electrons. The Morgan fingerprint density at radius 2 is 2.11 bits per heavy atom. The highest BCUT2D eigenvalue weighted by molar-refractivity contribution is 9.10. The highest BCUT2D eigenvalue weighted by Crippen LogP contribution is 2.11. The van der Waals surface area contributed by atoms with Crippen LogP contribution < -0.4 is 0 Å². The average molecular weight is 316 g/mol. The third-order valence-corrected chi connectivity index (χ3v) is 2.82. The van der Waals surface area contributed by atoms with Crippen molar-refractivity contribution in [2.24, 2.45) is 0 Å². The minimum atomic E-state index is -0.809. The van der Waals surface area contributed by atoms with Crippen LogP contribution in [0.4, 0.5) is 0 Å². The summed E-state index contributed by atoms with van der Waals surface area (Å²) in [6, 6.07) is 1.96. The van der Waals surface area contributed by atoms with Gasteiger partial charge in [-0.25, -0.2) is 0 Å². The van der Waals surface area contributed by atoms with Crippen LogP contribution >= 0.6 is 15.9 Å². The zero-order valence-electron chi connectivity index (χ0n) is 10.6. The Balaban J connectivity index is 2.62. The average Bonchev–Trinajstić information content (AvgIpc) is 2.25. The molecule has 18 heavy (non-hydrogen) atoms. The number of carboxylic acids is 1. The van der Waals surface area contributed by atoms with E-state index in [1.165, 1.54) is 0 Å². The normalized spacial score (nSPS) is 11.2. The molecule has 6 heteroatoms. The Kier molecular flexibility index (Phi) is 6.24. The summed E-state index contributed by atoms with van der Waals surface area (Å²) in [4.78, 5) is 18.8. The standard InChI is InChI=1S/C12H18BrN3O2/c1-15(2)3-4-16(9-12(17)18)8-10-5-11(13)7-14-6-10/h5-7H,3-4,8-9H2,1-2H3,(H,17,18). The summed E-state index contributed by atoms with van der Waals surface area (Å²) in [5.41, 5.74) is 1.00. The van der Waals surface area contributed by atoms with Crippen molar-refractivity contribution in [3.05, 3.63) is 28.5 Å². The SMILES string of the molecule is CN(C)CCN(CC(=O)O)Cc1cncc(Br)c1. The number of likely N-dealkylation sites (N-methyl/N-ethyl adjacent to an activating group) is 1. The molecule has 0 aliphatic heterocycles. The van der Waals surface area contributed by atoms with Crippen LogP contribution in [0.5, 0.6) is 0 Å². The summed E-state index contributed by atoms with van der Waals surface area (Å²) >= 11 is 3.36. The van der Waals surface area contributed by atoms with Gasteiger partial charge in [0.15, 0.2) is 0 Å². The van der Waals surface area contributed by atoms with E-state index in [9.17, 15) is 4.79 Å². The number of carboxylic acid groups (broad SMARTS) is 1. The summed E-state index contributed by atoms with van der Waals surface area (Å²) < 4.78 is 0.905.